The van der Waals surface area contributed by atoms with Gasteiger partial charge >= 0.3 is 0 Å². The van der Waals surface area contributed by atoms with Crippen LogP contribution in [0.15, 0.2) is 11.8 Å². The van der Waals surface area contributed by atoms with Gasteiger partial charge in [0.2, 0.25) is 0 Å². The number of hydrogen-bond acceptors (Lipinski definition) is 2. The Labute approximate surface area is 67.2 Å². The molecule has 0 rings (SSSR count). The molecule has 3 heteroatoms. The van der Waals surface area contributed by atoms with E-state index in [0.29, 0.717) is 6.61 Å². The lowest BCUT2D eigenvalue weighted by atomic mass is 10.3. The van der Waals surface area contributed by atoms with E-state index in [1.165, 1.54) is 0 Å². The zero-order chi connectivity index (χ0) is 8.69. The van der Waals surface area contributed by atoms with Gasteiger partial charge in [-0.05, 0) is 19.4 Å². The van der Waals surface area contributed by atoms with E-state index in [4.69, 9.17) is 10.5 Å². The number of unbranched alkanes of at least 4 members (excludes halogenated alkanes) is 1. The lowest BCUT2D eigenvalue weighted by Gasteiger charge is -2.04. The molecule has 2 N–H and O–H groups in total. The van der Waals surface area contributed by atoms with Gasteiger partial charge in [0.15, 0.2) is 5.76 Å². The van der Waals surface area contributed by atoms with Crippen LogP contribution in [0, 0.1) is 0 Å². The van der Waals surface area contributed by atoms with E-state index in [9.17, 15) is 4.79 Å². The van der Waals surface area contributed by atoms with Crippen LogP contribution in [0.1, 0.15) is 26.7 Å². The summed E-state index contributed by atoms with van der Waals surface area (Å²) in [6, 6.07) is 0. The third kappa shape index (κ3) is 4.42. The first-order valence-electron chi connectivity index (χ1n) is 3.81. The lowest BCUT2D eigenvalue weighted by Crippen LogP contribution is -2.16. The fourth-order valence-corrected chi connectivity index (χ4v) is 0.623. The maximum Gasteiger partial charge on any atom is 0.283 e. The standard InChI is InChI=1S/C8H15NO2/c1-3-5-6-11-7(4-2)8(9)10/h4H,3,5-6H2,1-2H3,(H2,9,10). The molecule has 0 fully saturated rings. The predicted octanol–water partition coefficient (Wildman–Crippen LogP) is 1.19. The highest BCUT2D eigenvalue weighted by Gasteiger charge is 2.02. The number of rotatable bonds is 5. The van der Waals surface area contributed by atoms with E-state index in [2.05, 4.69) is 6.92 Å². The summed E-state index contributed by atoms with van der Waals surface area (Å²) >= 11 is 0. The van der Waals surface area contributed by atoms with Crippen molar-refractivity contribution >= 4 is 5.91 Å². The Morgan fingerprint density at radius 3 is 2.64 bits per heavy atom. The number of carbonyl (C=O) groups is 1. The number of ether oxygens (including phenoxy) is 1. The van der Waals surface area contributed by atoms with Crippen LogP contribution in [-0.4, -0.2) is 12.5 Å². The van der Waals surface area contributed by atoms with Crippen molar-refractivity contribution in [1.82, 2.24) is 0 Å². The number of allylic oxidation sites excluding steroid dienone is 1. The second-order valence-electron chi connectivity index (χ2n) is 2.22. The van der Waals surface area contributed by atoms with Gasteiger partial charge < -0.3 is 10.5 Å². The quantitative estimate of drug-likeness (QED) is 0.370. The summed E-state index contributed by atoms with van der Waals surface area (Å²) in [6.45, 7) is 4.36. The first-order chi connectivity index (χ1) is 5.22. The molecule has 0 bridgehead atoms. The van der Waals surface area contributed by atoms with E-state index in [1.807, 2.05) is 0 Å². The van der Waals surface area contributed by atoms with Gasteiger partial charge in [-0.3, -0.25) is 4.79 Å². The van der Waals surface area contributed by atoms with Gasteiger partial charge in [0.25, 0.3) is 5.91 Å². The van der Waals surface area contributed by atoms with E-state index >= 15 is 0 Å². The van der Waals surface area contributed by atoms with Gasteiger partial charge in [-0.25, -0.2) is 0 Å². The van der Waals surface area contributed by atoms with Crippen molar-refractivity contribution in [3.05, 3.63) is 11.8 Å². The van der Waals surface area contributed by atoms with E-state index in [-0.39, 0.29) is 5.76 Å². The molecule has 3 nitrogen and oxygen atoms in total. The van der Waals surface area contributed by atoms with Gasteiger partial charge in [-0.1, -0.05) is 13.3 Å². The summed E-state index contributed by atoms with van der Waals surface area (Å²) in [7, 11) is 0. The van der Waals surface area contributed by atoms with Crippen molar-refractivity contribution < 1.29 is 9.53 Å². The third-order valence-corrected chi connectivity index (χ3v) is 1.26. The second kappa shape index (κ2) is 5.77. The first-order valence-corrected chi connectivity index (χ1v) is 3.81. The monoisotopic (exact) mass is 157 g/mol. The van der Waals surface area contributed by atoms with Crippen LogP contribution in [0.25, 0.3) is 0 Å². The maximum atomic E-state index is 10.6. The zero-order valence-corrected chi connectivity index (χ0v) is 7.09. The Morgan fingerprint density at radius 2 is 2.27 bits per heavy atom. The van der Waals surface area contributed by atoms with Gasteiger partial charge in [0, 0.05) is 0 Å². The Morgan fingerprint density at radius 1 is 1.64 bits per heavy atom. The molecule has 0 heterocycles. The van der Waals surface area contributed by atoms with Crippen molar-refractivity contribution in [3.8, 4) is 0 Å². The molecule has 0 radical (unpaired) electrons. The molecule has 0 atom stereocenters. The molecule has 0 aromatic heterocycles. The third-order valence-electron chi connectivity index (χ3n) is 1.26. The summed E-state index contributed by atoms with van der Waals surface area (Å²) in [5, 5.41) is 0. The van der Waals surface area contributed by atoms with Gasteiger partial charge in [-0.2, -0.15) is 0 Å². The SMILES string of the molecule is CC=C(OCCCC)C(N)=O. The number of primary amides is 1. The first kappa shape index (κ1) is 10.0. The Balaban J connectivity index is 3.63. The fraction of sp³-hybridized carbons (Fsp3) is 0.625. The Hall–Kier alpha value is -0.990. The minimum atomic E-state index is -0.497. The summed E-state index contributed by atoms with van der Waals surface area (Å²) in [5.74, 6) is -0.234. The Kier molecular flexibility index (Phi) is 5.25. The highest BCUT2D eigenvalue weighted by atomic mass is 16.5. The molecule has 64 valence electrons. The molecule has 11 heavy (non-hydrogen) atoms. The number of amides is 1. The molecule has 0 spiro atoms. The lowest BCUT2D eigenvalue weighted by molar-refractivity contribution is -0.117. The molecular weight excluding hydrogens is 142 g/mol. The molecule has 0 unspecified atom stereocenters. The highest BCUT2D eigenvalue weighted by molar-refractivity contribution is 5.89. The van der Waals surface area contributed by atoms with Crippen LogP contribution in [0.5, 0.6) is 0 Å². The van der Waals surface area contributed by atoms with Crippen molar-refractivity contribution in [2.24, 2.45) is 5.73 Å². The molecule has 0 saturated carbocycles. The number of nitrogens with two attached hydrogens (primary N) is 1. The van der Waals surface area contributed by atoms with Gasteiger partial charge in [-0.15, -0.1) is 0 Å². The van der Waals surface area contributed by atoms with Crippen molar-refractivity contribution in [1.29, 1.82) is 0 Å². The molecule has 0 aliphatic carbocycles. The summed E-state index contributed by atoms with van der Waals surface area (Å²) in [6.07, 6.45) is 3.58. The molecule has 0 aliphatic rings. The van der Waals surface area contributed by atoms with Crippen LogP contribution in [0.4, 0.5) is 0 Å². The zero-order valence-electron chi connectivity index (χ0n) is 7.09. The van der Waals surface area contributed by atoms with Crippen LogP contribution in [-0.2, 0) is 9.53 Å². The minimum Gasteiger partial charge on any atom is -0.488 e. The predicted molar refractivity (Wildman–Crippen MR) is 43.8 cm³/mol. The second-order valence-corrected chi connectivity index (χ2v) is 2.22. The average Bonchev–Trinajstić information content (AvgIpc) is 1.97. The topological polar surface area (TPSA) is 52.3 Å². The Bertz CT molecular complexity index is 152. The van der Waals surface area contributed by atoms with Crippen LogP contribution >= 0.6 is 0 Å². The molecule has 1 amide bonds. The average molecular weight is 157 g/mol. The summed E-state index contributed by atoms with van der Waals surface area (Å²) in [5.41, 5.74) is 5.00. The molecule has 0 saturated heterocycles. The maximum absolute atomic E-state index is 10.6. The fourth-order valence-electron chi connectivity index (χ4n) is 0.623. The van der Waals surface area contributed by atoms with Crippen molar-refractivity contribution in [2.45, 2.75) is 26.7 Å². The molecular formula is C8H15NO2. The smallest absolute Gasteiger partial charge is 0.283 e. The van der Waals surface area contributed by atoms with Crippen LogP contribution < -0.4 is 5.73 Å². The van der Waals surface area contributed by atoms with Crippen molar-refractivity contribution in [3.63, 3.8) is 0 Å². The van der Waals surface area contributed by atoms with Crippen LogP contribution in [0.3, 0.4) is 0 Å². The molecule has 0 aromatic rings. The highest BCUT2D eigenvalue weighted by Crippen LogP contribution is 1.98. The van der Waals surface area contributed by atoms with Crippen molar-refractivity contribution in [2.75, 3.05) is 6.61 Å². The van der Waals surface area contributed by atoms with E-state index in [1.54, 1.807) is 13.0 Å². The van der Waals surface area contributed by atoms with Gasteiger partial charge in [0.1, 0.15) is 0 Å². The van der Waals surface area contributed by atoms with Gasteiger partial charge in [0.05, 0.1) is 6.61 Å². The molecule has 0 aliphatic heterocycles. The van der Waals surface area contributed by atoms with Crippen LogP contribution in [0.2, 0.25) is 0 Å². The number of hydrogen-bond donors (Lipinski definition) is 1. The normalized spacial score (nSPS) is 11.3. The minimum absolute atomic E-state index is 0.262. The molecule has 0 aromatic carbocycles. The van der Waals surface area contributed by atoms with E-state index < -0.39 is 5.91 Å². The largest absolute Gasteiger partial charge is 0.488 e. The summed E-state index contributed by atoms with van der Waals surface area (Å²) in [4.78, 5) is 10.6. The van der Waals surface area contributed by atoms with E-state index in [0.717, 1.165) is 12.8 Å². The summed E-state index contributed by atoms with van der Waals surface area (Å²) < 4.78 is 5.08. The number of carbonyl (C=O) groups excluding carboxylic acids is 1.